The number of methoxy groups -OCH3 is 2. The van der Waals surface area contributed by atoms with Gasteiger partial charge in [-0.05, 0) is 51.2 Å². The molecule has 10 heteroatoms. The lowest BCUT2D eigenvalue weighted by Crippen LogP contribution is -2.30. The summed E-state index contributed by atoms with van der Waals surface area (Å²) < 4.78 is 12.4. The molecule has 186 valence electrons. The highest BCUT2D eigenvalue weighted by Gasteiger charge is 2.18. The minimum absolute atomic E-state index is 0.148. The van der Waals surface area contributed by atoms with Gasteiger partial charge in [0.2, 0.25) is 5.91 Å². The van der Waals surface area contributed by atoms with Crippen LogP contribution in [0.15, 0.2) is 24.5 Å². The van der Waals surface area contributed by atoms with Crippen LogP contribution in [-0.4, -0.2) is 53.0 Å². The maximum Gasteiger partial charge on any atom is 0.224 e. The molecule has 0 atom stereocenters. The Morgan fingerprint density at radius 3 is 2.46 bits per heavy atom. The van der Waals surface area contributed by atoms with Crippen molar-refractivity contribution in [2.45, 2.75) is 46.0 Å². The SMILES string of the molecule is COc1cc(OC)c(NC(=O)CCc2c(C)nn(-c3cc(N4CCCCC4)ncn3)c2C)cc1Cl. The van der Waals surface area contributed by atoms with Crippen molar-refractivity contribution in [3.8, 4) is 17.3 Å². The number of rotatable bonds is 8. The molecule has 1 aliphatic rings. The molecule has 4 rings (SSSR count). The highest BCUT2D eigenvalue weighted by molar-refractivity contribution is 6.32. The van der Waals surface area contributed by atoms with E-state index in [9.17, 15) is 4.79 Å². The fourth-order valence-electron chi connectivity index (χ4n) is 4.42. The second kappa shape index (κ2) is 10.9. The Morgan fingerprint density at radius 2 is 1.74 bits per heavy atom. The molecule has 1 saturated heterocycles. The van der Waals surface area contributed by atoms with E-state index in [0.717, 1.165) is 41.7 Å². The van der Waals surface area contributed by atoms with Gasteiger partial charge in [0, 0.05) is 37.3 Å². The number of ether oxygens (including phenoxy) is 2. The first-order chi connectivity index (χ1) is 16.9. The van der Waals surface area contributed by atoms with Gasteiger partial charge in [0.15, 0.2) is 5.82 Å². The van der Waals surface area contributed by atoms with Gasteiger partial charge in [-0.15, -0.1) is 0 Å². The normalized spacial score (nSPS) is 13.6. The predicted octanol–water partition coefficient (Wildman–Crippen LogP) is 4.51. The second-order valence-electron chi connectivity index (χ2n) is 8.58. The van der Waals surface area contributed by atoms with E-state index in [1.54, 1.807) is 18.5 Å². The Balaban J connectivity index is 1.47. The summed E-state index contributed by atoms with van der Waals surface area (Å²) in [5.74, 6) is 2.47. The van der Waals surface area contributed by atoms with Crippen LogP contribution in [0.1, 0.15) is 42.6 Å². The van der Waals surface area contributed by atoms with Gasteiger partial charge in [-0.1, -0.05) is 11.6 Å². The molecule has 0 unspecified atom stereocenters. The van der Waals surface area contributed by atoms with E-state index in [0.29, 0.717) is 28.6 Å². The molecular weight excluding hydrogens is 468 g/mol. The number of carbonyl (C=O) groups excluding carboxylic acids is 1. The number of halogens is 1. The fraction of sp³-hybridized carbons (Fsp3) is 0.440. The van der Waals surface area contributed by atoms with Crippen LogP contribution in [0.4, 0.5) is 11.5 Å². The van der Waals surface area contributed by atoms with Crippen molar-refractivity contribution in [2.75, 3.05) is 37.5 Å². The number of amides is 1. The smallest absolute Gasteiger partial charge is 0.224 e. The minimum Gasteiger partial charge on any atom is -0.495 e. The van der Waals surface area contributed by atoms with Crippen LogP contribution in [0.5, 0.6) is 11.5 Å². The molecule has 35 heavy (non-hydrogen) atoms. The molecule has 1 amide bonds. The van der Waals surface area contributed by atoms with Crippen LogP contribution in [-0.2, 0) is 11.2 Å². The maximum absolute atomic E-state index is 12.7. The first kappa shape index (κ1) is 24.8. The van der Waals surface area contributed by atoms with Crippen molar-refractivity contribution in [3.63, 3.8) is 0 Å². The number of hydrogen-bond acceptors (Lipinski definition) is 7. The highest BCUT2D eigenvalue weighted by Crippen LogP contribution is 2.36. The number of anilines is 2. The van der Waals surface area contributed by atoms with E-state index < -0.39 is 0 Å². The average Bonchev–Trinajstić information content (AvgIpc) is 3.16. The van der Waals surface area contributed by atoms with Gasteiger partial charge < -0.3 is 19.7 Å². The third kappa shape index (κ3) is 5.51. The second-order valence-corrected chi connectivity index (χ2v) is 8.99. The van der Waals surface area contributed by atoms with Crippen molar-refractivity contribution in [3.05, 3.63) is 46.5 Å². The maximum atomic E-state index is 12.7. The molecule has 0 saturated carbocycles. The zero-order chi connectivity index (χ0) is 24.9. The Morgan fingerprint density at radius 1 is 1.03 bits per heavy atom. The standard InChI is InChI=1S/C25H31ClN6O3/c1-16-18(8-9-25(33)29-20-12-19(26)21(34-3)13-22(20)35-4)17(2)32(30-16)24-14-23(27-15-28-24)31-10-6-5-7-11-31/h12-15H,5-11H2,1-4H3,(H,29,33). The molecule has 1 aromatic carbocycles. The van der Waals surface area contributed by atoms with Crippen LogP contribution in [0.3, 0.4) is 0 Å². The number of nitrogens with one attached hydrogen (secondary N) is 1. The van der Waals surface area contributed by atoms with Gasteiger partial charge in [0.1, 0.15) is 23.6 Å². The lowest BCUT2D eigenvalue weighted by atomic mass is 10.1. The lowest BCUT2D eigenvalue weighted by Gasteiger charge is -2.27. The van der Waals surface area contributed by atoms with Crippen molar-refractivity contribution < 1.29 is 14.3 Å². The predicted molar refractivity (Wildman–Crippen MR) is 136 cm³/mol. The van der Waals surface area contributed by atoms with Gasteiger partial charge in [0.05, 0.1) is 30.6 Å². The van der Waals surface area contributed by atoms with E-state index in [4.69, 9.17) is 26.2 Å². The first-order valence-corrected chi connectivity index (χ1v) is 12.1. The number of carbonyl (C=O) groups is 1. The van der Waals surface area contributed by atoms with Gasteiger partial charge in [-0.25, -0.2) is 14.6 Å². The molecule has 1 fully saturated rings. The Hall–Kier alpha value is -3.33. The number of benzene rings is 1. The van der Waals surface area contributed by atoms with Gasteiger partial charge in [-0.2, -0.15) is 5.10 Å². The Kier molecular flexibility index (Phi) is 7.75. The summed E-state index contributed by atoms with van der Waals surface area (Å²) in [7, 11) is 3.06. The van der Waals surface area contributed by atoms with Crippen molar-refractivity contribution in [1.29, 1.82) is 0 Å². The number of aromatic nitrogens is 4. The first-order valence-electron chi connectivity index (χ1n) is 11.7. The summed E-state index contributed by atoms with van der Waals surface area (Å²) in [5, 5.41) is 7.99. The molecule has 0 bridgehead atoms. The summed E-state index contributed by atoms with van der Waals surface area (Å²) in [4.78, 5) is 24.0. The van der Waals surface area contributed by atoms with Gasteiger partial charge >= 0.3 is 0 Å². The molecule has 2 aromatic heterocycles. The topological polar surface area (TPSA) is 94.4 Å². The monoisotopic (exact) mass is 498 g/mol. The summed E-state index contributed by atoms with van der Waals surface area (Å²) in [5.41, 5.74) is 3.36. The van der Waals surface area contributed by atoms with Crippen LogP contribution >= 0.6 is 11.6 Å². The summed E-state index contributed by atoms with van der Waals surface area (Å²) in [6.45, 7) is 5.98. The van der Waals surface area contributed by atoms with E-state index in [1.807, 2.05) is 24.6 Å². The lowest BCUT2D eigenvalue weighted by molar-refractivity contribution is -0.116. The van der Waals surface area contributed by atoms with Crippen molar-refractivity contribution in [2.24, 2.45) is 0 Å². The van der Waals surface area contributed by atoms with Crippen LogP contribution < -0.4 is 19.7 Å². The van der Waals surface area contributed by atoms with E-state index in [1.165, 1.54) is 33.5 Å². The number of aryl methyl sites for hydroxylation is 1. The number of hydrogen-bond donors (Lipinski definition) is 1. The van der Waals surface area contributed by atoms with E-state index in [-0.39, 0.29) is 12.3 Å². The van der Waals surface area contributed by atoms with Crippen LogP contribution in [0, 0.1) is 13.8 Å². The van der Waals surface area contributed by atoms with Crippen LogP contribution in [0.25, 0.3) is 5.82 Å². The summed E-state index contributed by atoms with van der Waals surface area (Å²) in [6.07, 6.45) is 6.04. The van der Waals surface area contributed by atoms with Crippen LogP contribution in [0.2, 0.25) is 5.02 Å². The third-order valence-electron chi connectivity index (χ3n) is 6.33. The van der Waals surface area contributed by atoms with E-state index in [2.05, 4.69) is 20.2 Å². The zero-order valence-corrected chi connectivity index (χ0v) is 21.4. The minimum atomic E-state index is -0.148. The molecule has 3 aromatic rings. The molecular formula is C25H31ClN6O3. The van der Waals surface area contributed by atoms with Crippen molar-refractivity contribution in [1.82, 2.24) is 19.7 Å². The quantitative estimate of drug-likeness (QED) is 0.488. The van der Waals surface area contributed by atoms with Gasteiger partial charge in [0.25, 0.3) is 0 Å². The fourth-order valence-corrected chi connectivity index (χ4v) is 4.66. The molecule has 0 spiro atoms. The van der Waals surface area contributed by atoms with Gasteiger partial charge in [-0.3, -0.25) is 4.79 Å². The molecule has 0 aliphatic carbocycles. The largest absolute Gasteiger partial charge is 0.495 e. The summed E-state index contributed by atoms with van der Waals surface area (Å²) in [6, 6.07) is 5.26. The highest BCUT2D eigenvalue weighted by atomic mass is 35.5. The van der Waals surface area contributed by atoms with E-state index >= 15 is 0 Å². The molecule has 1 aliphatic heterocycles. The number of piperidine rings is 1. The number of nitrogens with zero attached hydrogens (tertiary/aromatic N) is 5. The zero-order valence-electron chi connectivity index (χ0n) is 20.6. The summed E-state index contributed by atoms with van der Waals surface area (Å²) >= 11 is 6.22. The van der Waals surface area contributed by atoms with Crippen molar-refractivity contribution >= 4 is 29.0 Å². The molecule has 9 nitrogen and oxygen atoms in total. The Bertz CT molecular complexity index is 1210. The molecule has 0 radical (unpaired) electrons. The average molecular weight is 499 g/mol. The molecule has 3 heterocycles. The Labute approximate surface area is 210 Å². The molecule has 1 N–H and O–H groups in total. The third-order valence-corrected chi connectivity index (χ3v) is 6.62.